The molecule has 23 heavy (non-hydrogen) atoms. The fourth-order valence-corrected chi connectivity index (χ4v) is 2.41. The average Bonchev–Trinajstić information content (AvgIpc) is 2.88. The lowest BCUT2D eigenvalue weighted by Gasteiger charge is -2.05. The lowest BCUT2D eigenvalue weighted by Crippen LogP contribution is -2.32. The standard InChI is InChI=1S/C16H15ClN4O2/c1-10-14(15(22)13(7-18)16(23)19-2)9-21(20-10)8-11-4-3-5-12(17)6-11/h3-6,9,13H,8H2,1-2H3,(H,19,23). The van der Waals surface area contributed by atoms with Crippen molar-refractivity contribution in [2.75, 3.05) is 7.05 Å². The van der Waals surface area contributed by atoms with Crippen molar-refractivity contribution in [2.45, 2.75) is 13.5 Å². The molecule has 0 aliphatic heterocycles. The largest absolute Gasteiger partial charge is 0.358 e. The Kier molecular flexibility index (Phi) is 5.14. The summed E-state index contributed by atoms with van der Waals surface area (Å²) < 4.78 is 1.59. The molecule has 0 saturated heterocycles. The molecule has 6 nitrogen and oxygen atoms in total. The number of amides is 1. The lowest BCUT2D eigenvalue weighted by molar-refractivity contribution is -0.121. The molecule has 0 spiro atoms. The topological polar surface area (TPSA) is 87.8 Å². The molecule has 2 aromatic rings. The molecule has 118 valence electrons. The van der Waals surface area contributed by atoms with Gasteiger partial charge in [-0.2, -0.15) is 10.4 Å². The number of carbonyl (C=O) groups is 2. The van der Waals surface area contributed by atoms with Gasteiger partial charge in [0.1, 0.15) is 0 Å². The van der Waals surface area contributed by atoms with Crippen molar-refractivity contribution in [3.8, 4) is 6.07 Å². The summed E-state index contributed by atoms with van der Waals surface area (Å²) in [6.45, 7) is 2.10. The van der Waals surface area contributed by atoms with E-state index in [4.69, 9.17) is 16.9 Å². The molecule has 1 unspecified atom stereocenters. The van der Waals surface area contributed by atoms with Gasteiger partial charge in [-0.05, 0) is 24.6 Å². The fraction of sp³-hybridized carbons (Fsp3) is 0.250. The first-order valence-corrected chi connectivity index (χ1v) is 7.28. The molecule has 0 aliphatic rings. The first-order valence-electron chi connectivity index (χ1n) is 6.90. The number of carbonyl (C=O) groups excluding carboxylic acids is 2. The van der Waals surface area contributed by atoms with E-state index in [0.717, 1.165) is 5.56 Å². The van der Waals surface area contributed by atoms with Crippen LogP contribution in [0.1, 0.15) is 21.6 Å². The number of Topliss-reactive ketones (excluding diaryl/α,β-unsaturated/α-hetero) is 1. The monoisotopic (exact) mass is 330 g/mol. The van der Waals surface area contributed by atoms with Crippen LogP contribution in [0.15, 0.2) is 30.5 Å². The maximum absolute atomic E-state index is 12.4. The van der Waals surface area contributed by atoms with Gasteiger partial charge >= 0.3 is 0 Å². The Morgan fingerprint density at radius 2 is 2.22 bits per heavy atom. The maximum atomic E-state index is 12.4. The number of nitrogens with one attached hydrogen (secondary N) is 1. The third-order valence-corrected chi connectivity index (χ3v) is 3.58. The van der Waals surface area contributed by atoms with Crippen molar-refractivity contribution in [1.82, 2.24) is 15.1 Å². The van der Waals surface area contributed by atoms with Crippen LogP contribution >= 0.6 is 11.6 Å². The molecule has 7 heteroatoms. The van der Waals surface area contributed by atoms with Gasteiger partial charge in [0.25, 0.3) is 0 Å². The fourth-order valence-electron chi connectivity index (χ4n) is 2.20. The molecule has 1 N–H and O–H groups in total. The van der Waals surface area contributed by atoms with Crippen LogP contribution in [0, 0.1) is 24.2 Å². The number of rotatable bonds is 5. The Bertz CT molecular complexity index is 792. The van der Waals surface area contributed by atoms with E-state index in [1.807, 2.05) is 18.2 Å². The number of hydrogen-bond acceptors (Lipinski definition) is 4. The van der Waals surface area contributed by atoms with Gasteiger partial charge in [-0.15, -0.1) is 0 Å². The second-order valence-corrected chi connectivity index (χ2v) is 5.43. The highest BCUT2D eigenvalue weighted by atomic mass is 35.5. The van der Waals surface area contributed by atoms with Crippen LogP contribution in [-0.4, -0.2) is 28.5 Å². The summed E-state index contributed by atoms with van der Waals surface area (Å²) in [4.78, 5) is 24.0. The number of aryl methyl sites for hydroxylation is 1. The van der Waals surface area contributed by atoms with Crippen LogP contribution in [-0.2, 0) is 11.3 Å². The van der Waals surface area contributed by atoms with Gasteiger partial charge in [-0.1, -0.05) is 23.7 Å². The summed E-state index contributed by atoms with van der Waals surface area (Å²) in [5.74, 6) is -2.55. The molecule has 1 atom stereocenters. The summed E-state index contributed by atoms with van der Waals surface area (Å²) in [6.07, 6.45) is 1.55. The highest BCUT2D eigenvalue weighted by molar-refractivity contribution is 6.30. The van der Waals surface area contributed by atoms with Gasteiger partial charge in [0, 0.05) is 18.3 Å². The van der Waals surface area contributed by atoms with Crippen LogP contribution in [0.3, 0.4) is 0 Å². The zero-order valence-corrected chi connectivity index (χ0v) is 13.5. The third kappa shape index (κ3) is 3.76. The van der Waals surface area contributed by atoms with E-state index in [1.165, 1.54) is 7.05 Å². The van der Waals surface area contributed by atoms with Gasteiger partial charge < -0.3 is 5.32 Å². The van der Waals surface area contributed by atoms with Gasteiger partial charge in [-0.3, -0.25) is 14.3 Å². The molecule has 1 aromatic carbocycles. The van der Waals surface area contributed by atoms with Crippen molar-refractivity contribution in [3.63, 3.8) is 0 Å². The highest BCUT2D eigenvalue weighted by Gasteiger charge is 2.29. The first-order chi connectivity index (χ1) is 11.0. The second-order valence-electron chi connectivity index (χ2n) is 5.00. The van der Waals surface area contributed by atoms with E-state index >= 15 is 0 Å². The molecule has 0 bridgehead atoms. The Morgan fingerprint density at radius 1 is 1.48 bits per heavy atom. The molecule has 2 rings (SSSR count). The number of ketones is 1. The number of nitrogens with zero attached hydrogens (tertiary/aromatic N) is 3. The number of nitriles is 1. The number of hydrogen-bond donors (Lipinski definition) is 1. The van der Waals surface area contributed by atoms with E-state index in [2.05, 4.69) is 10.4 Å². The third-order valence-electron chi connectivity index (χ3n) is 3.35. The van der Waals surface area contributed by atoms with Crippen LogP contribution in [0.4, 0.5) is 0 Å². The summed E-state index contributed by atoms with van der Waals surface area (Å²) in [5.41, 5.74) is 1.67. The van der Waals surface area contributed by atoms with E-state index in [0.29, 0.717) is 17.3 Å². The number of benzene rings is 1. The van der Waals surface area contributed by atoms with E-state index < -0.39 is 17.6 Å². The van der Waals surface area contributed by atoms with Crippen LogP contribution in [0.2, 0.25) is 5.02 Å². The van der Waals surface area contributed by atoms with Gasteiger partial charge in [0.2, 0.25) is 5.91 Å². The smallest absolute Gasteiger partial charge is 0.245 e. The summed E-state index contributed by atoms with van der Waals surface area (Å²) >= 11 is 5.94. The van der Waals surface area contributed by atoms with Crippen molar-refractivity contribution in [1.29, 1.82) is 5.26 Å². The zero-order valence-electron chi connectivity index (χ0n) is 12.7. The second kappa shape index (κ2) is 7.07. The quantitative estimate of drug-likeness (QED) is 0.670. The van der Waals surface area contributed by atoms with Crippen molar-refractivity contribution in [3.05, 3.63) is 52.3 Å². The van der Waals surface area contributed by atoms with Crippen molar-refractivity contribution in [2.24, 2.45) is 5.92 Å². The molecular weight excluding hydrogens is 316 g/mol. The normalized spacial score (nSPS) is 11.6. The van der Waals surface area contributed by atoms with Crippen LogP contribution in [0.5, 0.6) is 0 Å². The summed E-state index contributed by atoms with van der Waals surface area (Å²) in [5, 5.41) is 16.3. The molecule has 0 fully saturated rings. The number of halogens is 1. The Morgan fingerprint density at radius 3 is 2.83 bits per heavy atom. The van der Waals surface area contributed by atoms with Gasteiger partial charge in [0.15, 0.2) is 11.7 Å². The van der Waals surface area contributed by atoms with Crippen LogP contribution < -0.4 is 5.32 Å². The molecule has 1 amide bonds. The maximum Gasteiger partial charge on any atom is 0.245 e. The predicted octanol–water partition coefficient (Wildman–Crippen LogP) is 1.96. The minimum Gasteiger partial charge on any atom is -0.358 e. The predicted molar refractivity (Wildman–Crippen MR) is 85.0 cm³/mol. The SMILES string of the molecule is CNC(=O)C(C#N)C(=O)c1cn(Cc2cccc(Cl)c2)nc1C. The zero-order chi connectivity index (χ0) is 17.0. The Labute approximate surface area is 138 Å². The van der Waals surface area contributed by atoms with E-state index in [-0.39, 0.29) is 5.56 Å². The van der Waals surface area contributed by atoms with E-state index in [1.54, 1.807) is 29.9 Å². The molecule has 1 aromatic heterocycles. The molecule has 0 aliphatic carbocycles. The molecular formula is C16H15ClN4O2. The highest BCUT2D eigenvalue weighted by Crippen LogP contribution is 2.16. The van der Waals surface area contributed by atoms with Crippen molar-refractivity contribution < 1.29 is 9.59 Å². The van der Waals surface area contributed by atoms with Crippen molar-refractivity contribution >= 4 is 23.3 Å². The van der Waals surface area contributed by atoms with Gasteiger partial charge in [-0.25, -0.2) is 0 Å². The minimum atomic E-state index is -1.37. The average molecular weight is 331 g/mol. The Hall–Kier alpha value is -2.65. The Balaban J connectivity index is 2.26. The molecule has 1 heterocycles. The first kappa shape index (κ1) is 16.7. The van der Waals surface area contributed by atoms with Crippen LogP contribution in [0.25, 0.3) is 0 Å². The minimum absolute atomic E-state index is 0.266. The molecule has 0 radical (unpaired) electrons. The molecule has 0 saturated carbocycles. The number of aromatic nitrogens is 2. The van der Waals surface area contributed by atoms with E-state index in [9.17, 15) is 9.59 Å². The van der Waals surface area contributed by atoms with Gasteiger partial charge in [0.05, 0.1) is 23.9 Å². The summed E-state index contributed by atoms with van der Waals surface area (Å²) in [6, 6.07) is 9.04. The summed E-state index contributed by atoms with van der Waals surface area (Å²) in [7, 11) is 1.38. The lowest BCUT2D eigenvalue weighted by atomic mass is 9.99.